The molecule has 4 fully saturated rings. The second kappa shape index (κ2) is 6.58. The van der Waals surface area contributed by atoms with E-state index in [0.29, 0.717) is 18.1 Å². The highest BCUT2D eigenvalue weighted by molar-refractivity contribution is 8.31. The second-order valence-corrected chi connectivity index (χ2v) is 126. The summed E-state index contributed by atoms with van der Waals surface area (Å²) in [6, 6.07) is 0. The molecular formula is C10H34Si10. The van der Waals surface area contributed by atoms with Crippen LogP contribution in [0.15, 0.2) is 0 Å². The van der Waals surface area contributed by atoms with Crippen LogP contribution in [-0.2, 0) is 0 Å². The Bertz CT molecular complexity index is 308. The van der Waals surface area contributed by atoms with Crippen LogP contribution in [0.1, 0.15) is 51.4 Å². The third-order valence-corrected chi connectivity index (χ3v) is 334. The maximum atomic E-state index is 1.81. The predicted molar refractivity (Wildman–Crippen MR) is 124 cm³/mol. The Hall–Kier alpha value is 2.17. The van der Waals surface area contributed by atoms with E-state index in [-0.39, 0.29) is 12.3 Å². The quantitative estimate of drug-likeness (QED) is 0.384. The second-order valence-electron chi connectivity index (χ2n) is 8.98. The van der Waals surface area contributed by atoms with Crippen LogP contribution in [0.2, 0.25) is 11.1 Å². The minimum atomic E-state index is -0.00505. The lowest BCUT2D eigenvalue weighted by Gasteiger charge is -2.60. The van der Waals surface area contributed by atoms with Gasteiger partial charge in [-0.3, -0.25) is 0 Å². The van der Waals surface area contributed by atoms with Gasteiger partial charge in [0.2, 0.25) is 0 Å². The summed E-state index contributed by atoms with van der Waals surface area (Å²) in [5.41, 5.74) is 3.06. The van der Waals surface area contributed by atoms with Crippen LogP contribution in [0.25, 0.3) is 0 Å². The summed E-state index contributed by atoms with van der Waals surface area (Å²) in [5, 5.41) is 0. The number of hydrogen-bond donors (Lipinski definition) is 0. The topological polar surface area (TPSA) is 0 Å². The van der Waals surface area contributed by atoms with Crippen LogP contribution in [0.5, 0.6) is 0 Å². The van der Waals surface area contributed by atoms with Crippen molar-refractivity contribution < 1.29 is 0 Å². The summed E-state index contributed by atoms with van der Waals surface area (Å²) in [4.78, 5) is 0. The van der Waals surface area contributed by atoms with E-state index in [1.54, 1.807) is 51.4 Å². The van der Waals surface area contributed by atoms with Crippen molar-refractivity contribution in [2.75, 3.05) is 0 Å². The van der Waals surface area contributed by atoms with Gasteiger partial charge in [-0.05, 0) is 63.6 Å². The van der Waals surface area contributed by atoms with Gasteiger partial charge in [-0.15, -0.1) is 0 Å². The van der Waals surface area contributed by atoms with Gasteiger partial charge in [0.15, 0.2) is 0 Å². The molecule has 10 heteroatoms. The molecule has 4 aliphatic rings. The Morgan fingerprint density at radius 2 is 0.950 bits per heavy atom. The molecule has 0 radical (unpaired) electrons. The molecule has 20 heavy (non-hydrogen) atoms. The molecule has 0 spiro atoms. The fourth-order valence-corrected chi connectivity index (χ4v) is 599. The van der Waals surface area contributed by atoms with Crippen molar-refractivity contribution in [3.05, 3.63) is 0 Å². The van der Waals surface area contributed by atoms with Crippen molar-refractivity contribution in [2.24, 2.45) is 0 Å². The molecule has 2 heterocycles. The fraction of sp³-hybridized carbons (Fsp3) is 1.00. The first-order valence-corrected chi connectivity index (χ1v) is 46.4. The number of hydrogen-bond acceptors (Lipinski definition) is 0. The van der Waals surface area contributed by atoms with Crippen LogP contribution in [0.3, 0.4) is 0 Å². The van der Waals surface area contributed by atoms with Gasteiger partial charge in [0.05, 0.1) is 0 Å². The molecule has 114 valence electrons. The lowest BCUT2D eigenvalue weighted by atomic mass is 10.4. The van der Waals surface area contributed by atoms with Crippen molar-refractivity contribution in [1.82, 2.24) is 0 Å². The zero-order chi connectivity index (χ0) is 13.5. The highest BCUT2D eigenvalue weighted by Gasteiger charge is 2.60. The van der Waals surface area contributed by atoms with Crippen LogP contribution >= 0.6 is 0 Å². The Morgan fingerprint density at radius 3 is 1.20 bits per heavy atom. The normalized spacial score (nSPS) is 51.0. The van der Waals surface area contributed by atoms with E-state index in [1.165, 1.54) is 11.1 Å². The molecule has 0 N–H and O–H groups in total. The van der Waals surface area contributed by atoms with E-state index >= 15 is 0 Å². The van der Waals surface area contributed by atoms with Crippen molar-refractivity contribution in [3.8, 4) is 0 Å². The average molecular weight is 435 g/mol. The van der Waals surface area contributed by atoms with Crippen LogP contribution in [0.4, 0.5) is 0 Å². The summed E-state index contributed by atoms with van der Waals surface area (Å²) >= 11 is 0. The van der Waals surface area contributed by atoms with Gasteiger partial charge in [0, 0.05) is 18.1 Å². The van der Waals surface area contributed by atoms with E-state index in [0.717, 1.165) is 51.3 Å². The molecule has 0 aromatic rings. The maximum Gasteiger partial charge on any atom is 0.00953 e. The van der Waals surface area contributed by atoms with E-state index in [2.05, 4.69) is 0 Å². The van der Waals surface area contributed by atoms with Crippen LogP contribution in [-0.4, -0.2) is 81.7 Å². The molecule has 4 rings (SSSR count). The molecule has 0 unspecified atom stereocenters. The summed E-state index contributed by atoms with van der Waals surface area (Å²) in [6.07, 6.45) is 14.0. The van der Waals surface area contributed by atoms with Gasteiger partial charge in [0.1, 0.15) is 0 Å². The Kier molecular flexibility index (Phi) is 5.16. The standard InChI is InChI=1S/C10H34Si10/c1-2-6-9(5-1)11-19(15-13-16-19)20(17-14-18-20)12-10-7-3-4-8-10/h9-10H,1-8,11-18H2. The molecule has 0 bridgehead atoms. The zero-order valence-corrected chi connectivity index (χ0v) is 26.8. The van der Waals surface area contributed by atoms with Crippen molar-refractivity contribution in [3.63, 3.8) is 0 Å². The summed E-state index contributed by atoms with van der Waals surface area (Å²) < 4.78 is 0. The van der Waals surface area contributed by atoms with Crippen LogP contribution in [0, 0.1) is 0 Å². The first-order valence-electron chi connectivity index (χ1n) is 9.82. The van der Waals surface area contributed by atoms with Crippen molar-refractivity contribution >= 4 is 81.7 Å². The van der Waals surface area contributed by atoms with Gasteiger partial charge in [0.25, 0.3) is 0 Å². The number of rotatable bonds is 5. The lowest BCUT2D eigenvalue weighted by Crippen LogP contribution is -2.95. The summed E-state index contributed by atoms with van der Waals surface area (Å²) in [7, 11) is 6.55. The first kappa shape index (κ1) is 15.7. The van der Waals surface area contributed by atoms with E-state index in [4.69, 9.17) is 0 Å². The molecule has 0 amide bonds. The van der Waals surface area contributed by atoms with Crippen LogP contribution < -0.4 is 0 Å². The summed E-state index contributed by atoms with van der Waals surface area (Å²) in [6.45, 7) is 0. The monoisotopic (exact) mass is 434 g/mol. The van der Waals surface area contributed by atoms with Gasteiger partial charge in [-0.2, -0.15) is 0 Å². The third-order valence-electron chi connectivity index (χ3n) is 8.05. The molecule has 0 aromatic carbocycles. The molecule has 0 atom stereocenters. The van der Waals surface area contributed by atoms with Crippen molar-refractivity contribution in [2.45, 2.75) is 62.4 Å². The fourth-order valence-electron chi connectivity index (χ4n) is 6.64. The summed E-state index contributed by atoms with van der Waals surface area (Å²) in [5.74, 6) is 0. The molecular weight excluding hydrogens is 401 g/mol. The predicted octanol–water partition coefficient (Wildman–Crippen LogP) is -4.29. The highest BCUT2D eigenvalue weighted by Crippen LogP contribution is 2.38. The smallest absolute Gasteiger partial charge is 0.00953 e. The third kappa shape index (κ3) is 2.83. The van der Waals surface area contributed by atoms with E-state index in [9.17, 15) is 0 Å². The minimum Gasteiger partial charge on any atom is -0.0541 e. The van der Waals surface area contributed by atoms with Gasteiger partial charge in [-0.1, -0.05) is 62.4 Å². The molecule has 0 nitrogen and oxygen atoms in total. The Balaban J connectivity index is 1.48. The highest BCUT2D eigenvalue weighted by atomic mass is 30.6. The SMILES string of the molecule is C1CCC([SiH2][Si]2([Si]3([SiH2]C4CCCC4)[SiH2][SiH2][SiH2]3)[SiH2][SiH2][SiH2]2)C1. The first-order chi connectivity index (χ1) is 9.82. The average Bonchev–Trinajstić information content (AvgIpc) is 3.02. The molecule has 2 aliphatic carbocycles. The molecule has 0 aromatic heterocycles. The van der Waals surface area contributed by atoms with Gasteiger partial charge >= 0.3 is 0 Å². The molecule has 2 saturated heterocycles. The maximum absolute atomic E-state index is 1.81. The molecule has 2 aliphatic heterocycles. The molecule has 2 saturated carbocycles. The van der Waals surface area contributed by atoms with E-state index in [1.807, 2.05) is 0 Å². The zero-order valence-electron chi connectivity index (χ0n) is 13.5. The Morgan fingerprint density at radius 1 is 0.600 bits per heavy atom. The largest absolute Gasteiger partial charge is 0.0541 e. The Labute approximate surface area is 143 Å². The van der Waals surface area contributed by atoms with E-state index < -0.39 is 0 Å². The van der Waals surface area contributed by atoms with Crippen molar-refractivity contribution in [1.29, 1.82) is 0 Å². The van der Waals surface area contributed by atoms with Gasteiger partial charge < -0.3 is 0 Å². The minimum absolute atomic E-state index is 0.00505. The van der Waals surface area contributed by atoms with Gasteiger partial charge in [-0.25, -0.2) is 0 Å². The lowest BCUT2D eigenvalue weighted by molar-refractivity contribution is 0.874.